The first kappa shape index (κ1) is 26.6. The molecule has 26 heavy (non-hydrogen) atoms. The van der Waals surface area contributed by atoms with E-state index in [1.54, 1.807) is 23.3 Å². The van der Waals surface area contributed by atoms with Crippen molar-refractivity contribution >= 4 is 30.2 Å². The second-order valence-corrected chi connectivity index (χ2v) is 16.8. The van der Waals surface area contributed by atoms with Gasteiger partial charge in [0.25, 0.3) is 0 Å². The number of hydrogen-bond acceptors (Lipinski definition) is 0. The molecule has 0 heterocycles. The summed E-state index contributed by atoms with van der Waals surface area (Å²) in [6.45, 7) is 6.77. The van der Waals surface area contributed by atoms with Crippen molar-refractivity contribution in [3.8, 4) is 0 Å². The van der Waals surface area contributed by atoms with Crippen LogP contribution in [0.4, 0.5) is 0 Å². The van der Waals surface area contributed by atoms with Gasteiger partial charge in [0.2, 0.25) is 0 Å². The second-order valence-electron chi connectivity index (χ2n) is 7.39. The molecule has 4 unspecified atom stereocenters. The average Bonchev–Trinajstić information content (AvgIpc) is 3.22. The quantitative estimate of drug-likeness (QED) is 0.273. The van der Waals surface area contributed by atoms with E-state index in [2.05, 4.69) is 69.0 Å². The second kappa shape index (κ2) is 14.6. The Morgan fingerprint density at radius 1 is 1.15 bits per heavy atom. The van der Waals surface area contributed by atoms with E-state index in [0.717, 1.165) is 36.5 Å². The topological polar surface area (TPSA) is 0 Å². The maximum absolute atomic E-state index is 3.21. The van der Waals surface area contributed by atoms with Crippen LogP contribution >= 0.6 is 24.8 Å². The van der Waals surface area contributed by atoms with Crippen LogP contribution in [-0.4, -0.2) is 5.43 Å². The van der Waals surface area contributed by atoms with Gasteiger partial charge in [0.15, 0.2) is 0 Å². The zero-order valence-corrected chi connectivity index (χ0v) is 21.5. The van der Waals surface area contributed by atoms with E-state index in [0.29, 0.717) is 0 Å². The summed E-state index contributed by atoms with van der Waals surface area (Å²) >= 11 is 1.74. The number of fused-ring (bicyclic) bond motifs is 3. The van der Waals surface area contributed by atoms with Gasteiger partial charge in [0, 0.05) is 0 Å². The van der Waals surface area contributed by atoms with Gasteiger partial charge in [-0.05, 0) is 5.92 Å². The van der Waals surface area contributed by atoms with Gasteiger partial charge >= 0.3 is 41.9 Å². The predicted molar refractivity (Wildman–Crippen MR) is 118 cm³/mol. The SMILES string of the molecule is C1=CC2[CH-]C3CCCCC3C2C=C1.CCC1=[C-]CC=C1.C[Si](C)=[Zr+2].Cl.Cl. The summed E-state index contributed by atoms with van der Waals surface area (Å²) in [5.74, 6) is 3.56. The Morgan fingerprint density at radius 3 is 2.38 bits per heavy atom. The van der Waals surface area contributed by atoms with Crippen LogP contribution in [0.15, 0.2) is 42.0 Å². The predicted octanol–water partition coefficient (Wildman–Crippen LogP) is 7.08. The van der Waals surface area contributed by atoms with E-state index in [4.69, 9.17) is 0 Å². The minimum atomic E-state index is 0. The fourth-order valence-electron chi connectivity index (χ4n) is 4.15. The first-order valence-electron chi connectivity index (χ1n) is 9.59. The molecule has 0 amide bonds. The fourth-order valence-corrected chi connectivity index (χ4v) is 4.15. The third kappa shape index (κ3) is 8.76. The molecule has 4 atom stereocenters. The minimum Gasteiger partial charge on any atom is -0.147 e. The molecule has 4 aliphatic carbocycles. The molecule has 2 fully saturated rings. The van der Waals surface area contributed by atoms with Crippen molar-refractivity contribution in [1.29, 1.82) is 0 Å². The largest absolute Gasteiger partial charge is 0.147 e. The van der Waals surface area contributed by atoms with Gasteiger partial charge in [-0.1, -0.05) is 63.2 Å². The van der Waals surface area contributed by atoms with Gasteiger partial charge in [-0.2, -0.15) is 12.0 Å². The van der Waals surface area contributed by atoms with Crippen molar-refractivity contribution in [3.63, 3.8) is 0 Å². The molecule has 0 aromatic carbocycles. The van der Waals surface area contributed by atoms with Crippen LogP contribution in [0.2, 0.25) is 13.1 Å². The molecule has 0 N–H and O–H groups in total. The third-order valence-electron chi connectivity index (χ3n) is 5.21. The third-order valence-corrected chi connectivity index (χ3v) is 5.21. The first-order valence-corrected chi connectivity index (χ1v) is 15.8. The molecule has 0 aromatic heterocycles. The van der Waals surface area contributed by atoms with E-state index < -0.39 is 0 Å². The number of rotatable bonds is 1. The van der Waals surface area contributed by atoms with Gasteiger partial charge in [-0.3, -0.25) is 6.08 Å². The normalized spacial score (nSPS) is 29.5. The zero-order valence-electron chi connectivity index (χ0n) is 16.4. The summed E-state index contributed by atoms with van der Waals surface area (Å²) in [6.07, 6.45) is 27.4. The summed E-state index contributed by atoms with van der Waals surface area (Å²) in [4.78, 5) is 0. The fraction of sp³-hybridized carbons (Fsp3) is 0.591. The van der Waals surface area contributed by atoms with Crippen LogP contribution in [0.25, 0.3) is 0 Å². The van der Waals surface area contributed by atoms with Crippen LogP contribution in [0.5, 0.6) is 0 Å². The van der Waals surface area contributed by atoms with Gasteiger partial charge < -0.3 is 6.42 Å². The molecule has 0 radical (unpaired) electrons. The average molecular weight is 489 g/mol. The Balaban J connectivity index is 0.000000415. The molecule has 0 aliphatic heterocycles. The summed E-state index contributed by atoms with van der Waals surface area (Å²) in [6, 6.07) is 0. The minimum absolute atomic E-state index is 0. The van der Waals surface area contributed by atoms with Crippen LogP contribution in [-0.2, 0) is 23.3 Å². The monoisotopic (exact) mass is 486 g/mol. The standard InChI is InChI=1S/C13H17.C7H9.C2H6Si.2ClH.Zr/c1-3-7-12-10(5-1)9-11-6-2-4-8-13(11)12;1-2-7-5-3-4-6-7;1-3-2;;;/h1,3,5,7,9-13H,2,4,6,8H2;3,5H,2,4H2,1H3;1-2H3;2*1H;/q2*-1;;;;+2. The molecule has 0 bridgehead atoms. The Labute approximate surface area is 189 Å². The van der Waals surface area contributed by atoms with Crippen molar-refractivity contribution in [1.82, 2.24) is 0 Å². The number of hydrogen-bond donors (Lipinski definition) is 0. The van der Waals surface area contributed by atoms with E-state index in [1.165, 1.54) is 31.3 Å². The summed E-state index contributed by atoms with van der Waals surface area (Å²) in [7, 11) is 0. The van der Waals surface area contributed by atoms with Gasteiger partial charge in [0.05, 0.1) is 0 Å². The van der Waals surface area contributed by atoms with Crippen LogP contribution in [0.3, 0.4) is 0 Å². The molecule has 144 valence electrons. The molecule has 4 rings (SSSR count). The summed E-state index contributed by atoms with van der Waals surface area (Å²) < 4.78 is 0. The van der Waals surface area contributed by atoms with E-state index in [-0.39, 0.29) is 30.2 Å². The Morgan fingerprint density at radius 2 is 1.81 bits per heavy atom. The van der Waals surface area contributed by atoms with E-state index in [1.807, 2.05) is 0 Å². The number of allylic oxidation sites excluding steroid dienone is 8. The Kier molecular flexibility index (Phi) is 15.0. The number of halogens is 2. The Hall–Kier alpha value is 0.640. The van der Waals surface area contributed by atoms with Crippen LogP contribution in [0.1, 0.15) is 45.4 Å². The van der Waals surface area contributed by atoms with Crippen molar-refractivity contribution in [3.05, 3.63) is 54.5 Å². The molecule has 0 aromatic rings. The smallest absolute Gasteiger partial charge is 0.147 e. The molecular weight excluding hydrogens is 454 g/mol. The summed E-state index contributed by atoms with van der Waals surface area (Å²) in [5.41, 5.74) is 1.57. The van der Waals surface area contributed by atoms with Gasteiger partial charge in [-0.25, -0.2) is 11.6 Å². The summed E-state index contributed by atoms with van der Waals surface area (Å²) in [5, 5.41) is 0. The van der Waals surface area contributed by atoms with E-state index >= 15 is 0 Å². The first-order chi connectivity index (χ1) is 11.6. The maximum atomic E-state index is 3.21. The molecule has 0 spiro atoms. The van der Waals surface area contributed by atoms with Gasteiger partial charge in [-0.15, -0.1) is 43.2 Å². The molecule has 2 saturated carbocycles. The molecule has 0 nitrogen and oxygen atoms in total. The van der Waals surface area contributed by atoms with Crippen molar-refractivity contribution in [2.75, 3.05) is 0 Å². The van der Waals surface area contributed by atoms with Crippen LogP contribution in [0, 0.1) is 36.2 Å². The van der Waals surface area contributed by atoms with E-state index in [9.17, 15) is 0 Å². The molecule has 4 aliphatic rings. The van der Waals surface area contributed by atoms with Crippen molar-refractivity contribution in [2.24, 2.45) is 23.7 Å². The molecular formula is C22H34Cl2SiZr. The molecule has 0 saturated heterocycles. The van der Waals surface area contributed by atoms with Crippen LogP contribution < -0.4 is 0 Å². The zero-order chi connectivity index (χ0) is 17.4. The maximum Gasteiger partial charge on any atom is -0.147 e. The molecule has 4 heteroatoms. The van der Waals surface area contributed by atoms with Gasteiger partial charge in [0.1, 0.15) is 0 Å². The van der Waals surface area contributed by atoms with Crippen molar-refractivity contribution < 1.29 is 23.3 Å². The van der Waals surface area contributed by atoms with Crippen molar-refractivity contribution in [2.45, 2.75) is 58.5 Å². The Bertz CT molecular complexity index is 532.